The number of aryl methyl sites for hydroxylation is 1. The first-order chi connectivity index (χ1) is 10.3. The molecule has 6 heteroatoms. The minimum atomic E-state index is -0.209. The molecule has 114 valence electrons. The number of rotatable bonds is 9. The molecule has 2 aromatic rings. The van der Waals surface area contributed by atoms with E-state index in [1.807, 2.05) is 6.07 Å². The first-order valence-electron chi connectivity index (χ1n) is 7.03. The van der Waals surface area contributed by atoms with Gasteiger partial charge in [0, 0.05) is 26.5 Å². The lowest BCUT2D eigenvalue weighted by atomic mass is 10.1. The molecule has 2 rings (SSSR count). The SMILES string of the molecule is COCCNCCCc1nnc(Cc2cccc(F)c2)s1. The molecule has 0 saturated carbocycles. The second-order valence-corrected chi connectivity index (χ2v) is 5.89. The summed E-state index contributed by atoms with van der Waals surface area (Å²) in [5.74, 6) is -0.209. The van der Waals surface area contributed by atoms with E-state index in [2.05, 4.69) is 15.5 Å². The number of halogens is 1. The number of nitrogens with zero attached hydrogens (tertiary/aromatic N) is 2. The third kappa shape index (κ3) is 5.87. The zero-order valence-electron chi connectivity index (χ0n) is 12.1. The minimum Gasteiger partial charge on any atom is -0.383 e. The number of methoxy groups -OCH3 is 1. The highest BCUT2D eigenvalue weighted by atomic mass is 32.1. The lowest BCUT2D eigenvalue weighted by Crippen LogP contribution is -2.20. The van der Waals surface area contributed by atoms with Gasteiger partial charge in [0.25, 0.3) is 0 Å². The number of benzene rings is 1. The van der Waals surface area contributed by atoms with Crippen molar-refractivity contribution in [2.45, 2.75) is 19.3 Å². The molecule has 21 heavy (non-hydrogen) atoms. The Labute approximate surface area is 128 Å². The molecule has 0 spiro atoms. The van der Waals surface area contributed by atoms with E-state index in [4.69, 9.17) is 4.74 Å². The number of ether oxygens (including phenoxy) is 1. The van der Waals surface area contributed by atoms with E-state index in [9.17, 15) is 4.39 Å². The maximum absolute atomic E-state index is 13.1. The fourth-order valence-electron chi connectivity index (χ4n) is 1.95. The van der Waals surface area contributed by atoms with Gasteiger partial charge in [0.05, 0.1) is 6.61 Å². The van der Waals surface area contributed by atoms with Gasteiger partial charge in [-0.05, 0) is 30.7 Å². The van der Waals surface area contributed by atoms with Gasteiger partial charge in [0.2, 0.25) is 0 Å². The molecule has 0 atom stereocenters. The Balaban J connectivity index is 1.74. The van der Waals surface area contributed by atoms with Crippen molar-refractivity contribution in [2.24, 2.45) is 0 Å². The normalized spacial score (nSPS) is 11.0. The average molecular weight is 309 g/mol. The molecular weight excluding hydrogens is 289 g/mol. The van der Waals surface area contributed by atoms with E-state index in [1.165, 1.54) is 6.07 Å². The number of hydrogen-bond donors (Lipinski definition) is 1. The van der Waals surface area contributed by atoms with Crippen molar-refractivity contribution < 1.29 is 9.13 Å². The Hall–Kier alpha value is -1.37. The summed E-state index contributed by atoms with van der Waals surface area (Å²) in [4.78, 5) is 0. The topological polar surface area (TPSA) is 47.0 Å². The van der Waals surface area contributed by atoms with Crippen LogP contribution in [0.2, 0.25) is 0 Å². The number of hydrogen-bond acceptors (Lipinski definition) is 5. The monoisotopic (exact) mass is 309 g/mol. The molecule has 0 bridgehead atoms. The Morgan fingerprint density at radius 1 is 1.24 bits per heavy atom. The molecule has 1 aromatic heterocycles. The Bertz CT molecular complexity index is 547. The van der Waals surface area contributed by atoms with Gasteiger partial charge < -0.3 is 10.1 Å². The first kappa shape index (κ1) is 16.0. The summed E-state index contributed by atoms with van der Waals surface area (Å²) < 4.78 is 18.1. The van der Waals surface area contributed by atoms with Crippen LogP contribution in [-0.4, -0.2) is 37.0 Å². The average Bonchev–Trinajstić information content (AvgIpc) is 2.90. The van der Waals surface area contributed by atoms with Gasteiger partial charge in [-0.15, -0.1) is 21.5 Å². The van der Waals surface area contributed by atoms with Crippen LogP contribution in [0.1, 0.15) is 22.0 Å². The van der Waals surface area contributed by atoms with Gasteiger partial charge in [-0.3, -0.25) is 0 Å². The van der Waals surface area contributed by atoms with Crippen molar-refractivity contribution in [3.8, 4) is 0 Å². The summed E-state index contributed by atoms with van der Waals surface area (Å²) >= 11 is 1.60. The van der Waals surface area contributed by atoms with E-state index in [-0.39, 0.29) is 5.82 Å². The molecule has 0 aliphatic heterocycles. The maximum atomic E-state index is 13.1. The van der Waals surface area contributed by atoms with Crippen molar-refractivity contribution in [3.63, 3.8) is 0 Å². The lowest BCUT2D eigenvalue weighted by molar-refractivity contribution is 0.199. The second kappa shape index (κ2) is 8.81. The van der Waals surface area contributed by atoms with Crippen LogP contribution in [-0.2, 0) is 17.6 Å². The van der Waals surface area contributed by atoms with E-state index < -0.39 is 0 Å². The largest absolute Gasteiger partial charge is 0.383 e. The molecule has 1 N–H and O–H groups in total. The quantitative estimate of drug-likeness (QED) is 0.723. The van der Waals surface area contributed by atoms with Crippen molar-refractivity contribution >= 4 is 11.3 Å². The third-order valence-corrected chi connectivity index (χ3v) is 3.96. The number of nitrogens with one attached hydrogen (secondary N) is 1. The smallest absolute Gasteiger partial charge is 0.123 e. The Kier molecular flexibility index (Phi) is 6.72. The highest BCUT2D eigenvalue weighted by molar-refractivity contribution is 7.11. The van der Waals surface area contributed by atoms with Crippen LogP contribution in [0, 0.1) is 5.82 Å². The summed E-state index contributed by atoms with van der Waals surface area (Å²) in [7, 11) is 1.70. The Morgan fingerprint density at radius 2 is 2.10 bits per heavy atom. The van der Waals surface area contributed by atoms with Gasteiger partial charge in [0.15, 0.2) is 0 Å². The van der Waals surface area contributed by atoms with Crippen LogP contribution in [0.5, 0.6) is 0 Å². The van der Waals surface area contributed by atoms with Crippen LogP contribution in [0.4, 0.5) is 4.39 Å². The summed E-state index contributed by atoms with van der Waals surface area (Å²) in [6.45, 7) is 2.55. The van der Waals surface area contributed by atoms with Gasteiger partial charge >= 0.3 is 0 Å². The van der Waals surface area contributed by atoms with Crippen LogP contribution >= 0.6 is 11.3 Å². The predicted molar refractivity (Wildman–Crippen MR) is 82.2 cm³/mol. The Morgan fingerprint density at radius 3 is 2.90 bits per heavy atom. The second-order valence-electron chi connectivity index (χ2n) is 4.74. The molecule has 0 aliphatic rings. The van der Waals surface area contributed by atoms with Crippen molar-refractivity contribution in [1.82, 2.24) is 15.5 Å². The van der Waals surface area contributed by atoms with Crippen LogP contribution in [0.3, 0.4) is 0 Å². The molecule has 0 unspecified atom stereocenters. The zero-order valence-corrected chi connectivity index (χ0v) is 13.0. The highest BCUT2D eigenvalue weighted by Gasteiger charge is 2.05. The van der Waals surface area contributed by atoms with Gasteiger partial charge in [0.1, 0.15) is 15.8 Å². The summed E-state index contributed by atoms with van der Waals surface area (Å²) in [6.07, 6.45) is 2.58. The molecule has 1 heterocycles. The van der Waals surface area contributed by atoms with Gasteiger partial charge in [-0.25, -0.2) is 4.39 Å². The molecule has 0 aliphatic carbocycles. The minimum absolute atomic E-state index is 0.209. The van der Waals surface area contributed by atoms with E-state index in [1.54, 1.807) is 30.6 Å². The fourth-order valence-corrected chi connectivity index (χ4v) is 2.87. The molecule has 0 amide bonds. The van der Waals surface area contributed by atoms with Crippen molar-refractivity contribution in [1.29, 1.82) is 0 Å². The highest BCUT2D eigenvalue weighted by Crippen LogP contribution is 2.16. The lowest BCUT2D eigenvalue weighted by Gasteiger charge is -2.01. The summed E-state index contributed by atoms with van der Waals surface area (Å²) in [6, 6.07) is 6.62. The van der Waals surface area contributed by atoms with Gasteiger partial charge in [-0.1, -0.05) is 12.1 Å². The molecule has 0 radical (unpaired) electrons. The summed E-state index contributed by atoms with van der Waals surface area (Å²) in [5.41, 5.74) is 0.930. The summed E-state index contributed by atoms with van der Waals surface area (Å²) in [5, 5.41) is 13.6. The van der Waals surface area contributed by atoms with Crippen molar-refractivity contribution in [2.75, 3.05) is 26.8 Å². The van der Waals surface area contributed by atoms with Crippen LogP contribution in [0.15, 0.2) is 24.3 Å². The molecular formula is C15H20FN3OS. The van der Waals surface area contributed by atoms with Crippen molar-refractivity contribution in [3.05, 3.63) is 45.7 Å². The van der Waals surface area contributed by atoms with Crippen LogP contribution in [0.25, 0.3) is 0 Å². The van der Waals surface area contributed by atoms with E-state index >= 15 is 0 Å². The first-order valence-corrected chi connectivity index (χ1v) is 7.85. The van der Waals surface area contributed by atoms with Crippen LogP contribution < -0.4 is 5.32 Å². The number of aromatic nitrogens is 2. The molecule has 1 aromatic carbocycles. The molecule has 0 saturated heterocycles. The van der Waals surface area contributed by atoms with E-state index in [0.29, 0.717) is 6.42 Å². The maximum Gasteiger partial charge on any atom is 0.123 e. The third-order valence-electron chi connectivity index (χ3n) is 2.98. The fraction of sp³-hybridized carbons (Fsp3) is 0.467. The molecule has 4 nitrogen and oxygen atoms in total. The predicted octanol–water partition coefficient (Wildman–Crippen LogP) is 2.44. The molecule has 0 fully saturated rings. The standard InChI is InChI=1S/C15H20FN3OS/c1-20-9-8-17-7-3-6-14-18-19-15(21-14)11-12-4-2-5-13(16)10-12/h2,4-5,10,17H,3,6-9,11H2,1H3. The van der Waals surface area contributed by atoms with E-state index in [0.717, 1.165) is 48.1 Å². The van der Waals surface area contributed by atoms with Gasteiger partial charge in [-0.2, -0.15) is 0 Å². The zero-order chi connectivity index (χ0) is 14.9.